The van der Waals surface area contributed by atoms with E-state index in [0.717, 1.165) is 6.54 Å². The Kier molecular flexibility index (Phi) is 6.34. The van der Waals surface area contributed by atoms with Crippen molar-refractivity contribution in [2.24, 2.45) is 5.92 Å². The molecule has 0 heterocycles. The number of hydrogen-bond donors (Lipinski definition) is 1. The first-order valence-corrected chi connectivity index (χ1v) is 6.73. The molecule has 1 saturated carbocycles. The van der Waals surface area contributed by atoms with E-state index in [1.807, 2.05) is 0 Å². The van der Waals surface area contributed by atoms with Crippen LogP contribution in [-0.4, -0.2) is 42.7 Å². The Balaban J connectivity index is 2.23. The lowest BCUT2D eigenvalue weighted by Crippen LogP contribution is -2.40. The molecule has 1 rings (SSSR count). The number of likely N-dealkylation sites (N-methyl/N-ethyl adjacent to an activating group) is 1. The van der Waals surface area contributed by atoms with Crippen molar-refractivity contribution in [1.29, 1.82) is 0 Å². The number of nitrogens with one attached hydrogen (secondary N) is 1. The molecular formula is C12H21ClN2O2. The Morgan fingerprint density at radius 1 is 1.29 bits per heavy atom. The van der Waals surface area contributed by atoms with Crippen LogP contribution >= 0.6 is 11.6 Å². The molecule has 17 heavy (non-hydrogen) atoms. The summed E-state index contributed by atoms with van der Waals surface area (Å²) >= 11 is 5.33. The van der Waals surface area contributed by atoms with Gasteiger partial charge in [-0.25, -0.2) is 0 Å². The van der Waals surface area contributed by atoms with Crippen molar-refractivity contribution < 1.29 is 9.59 Å². The zero-order chi connectivity index (χ0) is 12.7. The molecule has 0 radical (unpaired) electrons. The van der Waals surface area contributed by atoms with Crippen molar-refractivity contribution >= 4 is 23.4 Å². The molecule has 0 bridgehead atoms. The summed E-state index contributed by atoms with van der Waals surface area (Å²) in [4.78, 5) is 24.3. The van der Waals surface area contributed by atoms with Crippen molar-refractivity contribution in [3.8, 4) is 0 Å². The summed E-state index contributed by atoms with van der Waals surface area (Å²) in [6.07, 6.45) is 6.29. The summed E-state index contributed by atoms with van der Waals surface area (Å²) in [5, 5.41) is 2.49. The summed E-state index contributed by atoms with van der Waals surface area (Å²) in [5.74, 6) is 0.182. The Morgan fingerprint density at radius 3 is 2.53 bits per heavy atom. The minimum absolute atomic E-state index is 0.0472. The largest absolute Gasteiger partial charge is 0.346 e. The van der Waals surface area contributed by atoms with E-state index in [1.54, 1.807) is 11.9 Å². The topological polar surface area (TPSA) is 49.4 Å². The monoisotopic (exact) mass is 260 g/mol. The van der Waals surface area contributed by atoms with Gasteiger partial charge in [-0.2, -0.15) is 0 Å². The number of alkyl halides is 1. The minimum atomic E-state index is -0.300. The fraction of sp³-hybridized carbons (Fsp3) is 0.833. The number of rotatable bonds is 5. The molecule has 1 fully saturated rings. The maximum absolute atomic E-state index is 11.7. The molecule has 0 aliphatic heterocycles. The van der Waals surface area contributed by atoms with Crippen molar-refractivity contribution in [1.82, 2.24) is 10.2 Å². The van der Waals surface area contributed by atoms with Gasteiger partial charge < -0.3 is 10.2 Å². The molecule has 0 aromatic carbocycles. The minimum Gasteiger partial charge on any atom is -0.346 e. The van der Waals surface area contributed by atoms with Crippen LogP contribution in [0.5, 0.6) is 0 Å². The van der Waals surface area contributed by atoms with Gasteiger partial charge in [-0.05, 0) is 18.8 Å². The van der Waals surface area contributed by atoms with E-state index in [4.69, 9.17) is 11.6 Å². The standard InChI is InChI=1S/C12H21ClN2O2/c1-15(9-10-5-3-2-4-6-10)12(17)8-14-11(16)7-13/h10H,2-9H2,1H3,(H,14,16). The number of amides is 2. The molecule has 1 aliphatic carbocycles. The van der Waals surface area contributed by atoms with Gasteiger partial charge in [-0.1, -0.05) is 19.3 Å². The number of halogens is 1. The highest BCUT2D eigenvalue weighted by Crippen LogP contribution is 2.23. The molecule has 98 valence electrons. The van der Waals surface area contributed by atoms with Gasteiger partial charge in [0.25, 0.3) is 0 Å². The number of nitrogens with zero attached hydrogens (tertiary/aromatic N) is 1. The molecule has 4 nitrogen and oxygen atoms in total. The maximum Gasteiger partial charge on any atom is 0.241 e. The highest BCUT2D eigenvalue weighted by Gasteiger charge is 2.18. The lowest BCUT2D eigenvalue weighted by Gasteiger charge is -2.27. The zero-order valence-corrected chi connectivity index (χ0v) is 11.1. The van der Waals surface area contributed by atoms with Crippen LogP contribution in [0.3, 0.4) is 0 Å². The molecule has 1 N–H and O–H groups in total. The number of hydrogen-bond acceptors (Lipinski definition) is 2. The maximum atomic E-state index is 11.7. The van der Waals surface area contributed by atoms with Gasteiger partial charge in [-0.15, -0.1) is 11.6 Å². The first kappa shape index (κ1) is 14.3. The summed E-state index contributed by atoms with van der Waals surface area (Å²) in [5.41, 5.74) is 0. The fourth-order valence-electron chi connectivity index (χ4n) is 2.22. The quantitative estimate of drug-likeness (QED) is 0.760. The molecule has 2 amide bonds. The molecule has 0 atom stereocenters. The number of carbonyl (C=O) groups excluding carboxylic acids is 2. The summed E-state index contributed by atoms with van der Waals surface area (Å²) in [6, 6.07) is 0. The van der Waals surface area contributed by atoms with Gasteiger partial charge in [0, 0.05) is 13.6 Å². The predicted molar refractivity (Wildman–Crippen MR) is 67.9 cm³/mol. The van der Waals surface area contributed by atoms with Crippen LogP contribution in [0.2, 0.25) is 0 Å². The summed E-state index contributed by atoms with van der Waals surface area (Å²) in [7, 11) is 1.80. The van der Waals surface area contributed by atoms with Crippen LogP contribution < -0.4 is 5.32 Å². The molecule has 0 spiro atoms. The van der Waals surface area contributed by atoms with Crippen LogP contribution in [0.4, 0.5) is 0 Å². The second kappa shape index (κ2) is 7.54. The zero-order valence-electron chi connectivity index (χ0n) is 10.4. The van der Waals surface area contributed by atoms with E-state index in [9.17, 15) is 9.59 Å². The molecule has 0 unspecified atom stereocenters. The number of carbonyl (C=O) groups is 2. The van der Waals surface area contributed by atoms with E-state index >= 15 is 0 Å². The smallest absolute Gasteiger partial charge is 0.241 e. The van der Waals surface area contributed by atoms with E-state index in [0.29, 0.717) is 5.92 Å². The fourth-order valence-corrected chi connectivity index (χ4v) is 2.31. The lowest BCUT2D eigenvalue weighted by molar-refractivity contribution is -0.131. The van der Waals surface area contributed by atoms with E-state index in [-0.39, 0.29) is 24.2 Å². The average Bonchev–Trinajstić information content (AvgIpc) is 2.36. The summed E-state index contributed by atoms with van der Waals surface area (Å²) in [6.45, 7) is 0.852. The first-order chi connectivity index (χ1) is 8.13. The second-order valence-electron chi connectivity index (χ2n) is 4.69. The van der Waals surface area contributed by atoms with E-state index < -0.39 is 0 Å². The third-order valence-corrected chi connectivity index (χ3v) is 3.48. The van der Waals surface area contributed by atoms with Crippen LogP contribution in [0.15, 0.2) is 0 Å². The van der Waals surface area contributed by atoms with Gasteiger partial charge in [0.15, 0.2) is 0 Å². The van der Waals surface area contributed by atoms with Gasteiger partial charge in [-0.3, -0.25) is 9.59 Å². The van der Waals surface area contributed by atoms with E-state index in [2.05, 4.69) is 5.32 Å². The van der Waals surface area contributed by atoms with Crippen LogP contribution in [0.25, 0.3) is 0 Å². The Labute approximate surface area is 108 Å². The highest BCUT2D eigenvalue weighted by atomic mass is 35.5. The normalized spacial score (nSPS) is 16.6. The van der Waals surface area contributed by atoms with Crippen molar-refractivity contribution in [2.75, 3.05) is 26.0 Å². The van der Waals surface area contributed by atoms with Gasteiger partial charge in [0.2, 0.25) is 11.8 Å². The van der Waals surface area contributed by atoms with Crippen LogP contribution in [0, 0.1) is 5.92 Å². The SMILES string of the molecule is CN(CC1CCCCC1)C(=O)CNC(=O)CCl. The first-order valence-electron chi connectivity index (χ1n) is 6.20. The average molecular weight is 261 g/mol. The predicted octanol–water partition coefficient (Wildman–Crippen LogP) is 1.38. The van der Waals surface area contributed by atoms with E-state index in [1.165, 1.54) is 32.1 Å². The van der Waals surface area contributed by atoms with Gasteiger partial charge in [0.05, 0.1) is 6.54 Å². The molecular weight excluding hydrogens is 240 g/mol. The third-order valence-electron chi connectivity index (χ3n) is 3.24. The van der Waals surface area contributed by atoms with Gasteiger partial charge >= 0.3 is 0 Å². The Bertz CT molecular complexity index is 265. The van der Waals surface area contributed by atoms with Crippen LogP contribution in [0.1, 0.15) is 32.1 Å². The van der Waals surface area contributed by atoms with Gasteiger partial charge in [0.1, 0.15) is 5.88 Å². The molecule has 0 aromatic heterocycles. The third kappa shape index (κ3) is 5.39. The molecule has 1 aliphatic rings. The molecule has 0 aromatic rings. The van der Waals surface area contributed by atoms with Crippen LogP contribution in [-0.2, 0) is 9.59 Å². The molecule has 5 heteroatoms. The Morgan fingerprint density at radius 2 is 1.94 bits per heavy atom. The van der Waals surface area contributed by atoms with Crippen molar-refractivity contribution in [3.63, 3.8) is 0 Å². The highest BCUT2D eigenvalue weighted by molar-refractivity contribution is 6.27. The second-order valence-corrected chi connectivity index (χ2v) is 4.96. The molecule has 0 saturated heterocycles. The van der Waals surface area contributed by atoms with Crippen molar-refractivity contribution in [2.45, 2.75) is 32.1 Å². The Hall–Kier alpha value is -0.770. The van der Waals surface area contributed by atoms with Crippen molar-refractivity contribution in [3.05, 3.63) is 0 Å². The summed E-state index contributed by atoms with van der Waals surface area (Å²) < 4.78 is 0. The lowest BCUT2D eigenvalue weighted by atomic mass is 9.89.